The van der Waals surface area contributed by atoms with Gasteiger partial charge in [0.2, 0.25) is 5.91 Å². The maximum absolute atomic E-state index is 11.9. The molecular formula is C13H19N3O2. The third-order valence-electron chi connectivity index (χ3n) is 2.52. The van der Waals surface area contributed by atoms with Crippen molar-refractivity contribution >= 4 is 17.5 Å². The molecule has 18 heavy (non-hydrogen) atoms. The van der Waals surface area contributed by atoms with Crippen molar-refractivity contribution in [3.05, 3.63) is 29.3 Å². The fraction of sp³-hybridized carbons (Fsp3) is 0.385. The molecule has 1 rings (SSSR count). The standard InChI is InChI=1S/C13H19N3O2/c1-3-15-12(17)6-7-16-13(18)11-8-10(14)5-4-9(11)2/h4-5,8H,3,6-7,14H2,1-2H3,(H,15,17)(H,16,18). The summed E-state index contributed by atoms with van der Waals surface area (Å²) in [7, 11) is 0. The Morgan fingerprint density at radius 2 is 2.00 bits per heavy atom. The van der Waals surface area contributed by atoms with Crippen molar-refractivity contribution in [1.29, 1.82) is 0 Å². The first-order valence-corrected chi connectivity index (χ1v) is 5.95. The molecule has 0 radical (unpaired) electrons. The number of carbonyl (C=O) groups excluding carboxylic acids is 2. The lowest BCUT2D eigenvalue weighted by Crippen LogP contribution is -2.30. The Hall–Kier alpha value is -2.04. The SMILES string of the molecule is CCNC(=O)CCNC(=O)c1cc(N)ccc1C. The fourth-order valence-electron chi connectivity index (χ4n) is 1.55. The summed E-state index contributed by atoms with van der Waals surface area (Å²) in [6.07, 6.45) is 0.279. The van der Waals surface area contributed by atoms with Crippen LogP contribution < -0.4 is 16.4 Å². The smallest absolute Gasteiger partial charge is 0.251 e. The summed E-state index contributed by atoms with van der Waals surface area (Å²) in [4.78, 5) is 23.1. The number of nitrogens with two attached hydrogens (primary N) is 1. The third kappa shape index (κ3) is 4.08. The Labute approximate surface area is 107 Å². The highest BCUT2D eigenvalue weighted by Crippen LogP contribution is 2.12. The van der Waals surface area contributed by atoms with Gasteiger partial charge in [0.05, 0.1) is 0 Å². The minimum Gasteiger partial charge on any atom is -0.399 e. The molecule has 0 spiro atoms. The number of benzene rings is 1. The summed E-state index contributed by atoms with van der Waals surface area (Å²) in [5.41, 5.74) is 7.60. The first-order chi connectivity index (χ1) is 8.54. The molecule has 0 heterocycles. The molecule has 2 amide bonds. The van der Waals surface area contributed by atoms with E-state index in [1.165, 1.54) is 0 Å². The van der Waals surface area contributed by atoms with E-state index in [-0.39, 0.29) is 18.2 Å². The third-order valence-corrected chi connectivity index (χ3v) is 2.52. The number of hydrogen-bond donors (Lipinski definition) is 3. The zero-order chi connectivity index (χ0) is 13.5. The number of anilines is 1. The molecule has 1 aromatic rings. The summed E-state index contributed by atoms with van der Waals surface area (Å²) < 4.78 is 0. The van der Waals surface area contributed by atoms with Crippen LogP contribution in [0.1, 0.15) is 29.3 Å². The highest BCUT2D eigenvalue weighted by molar-refractivity contribution is 5.96. The minimum atomic E-state index is -0.205. The maximum Gasteiger partial charge on any atom is 0.251 e. The van der Waals surface area contributed by atoms with E-state index in [9.17, 15) is 9.59 Å². The van der Waals surface area contributed by atoms with Crippen LogP contribution in [0.3, 0.4) is 0 Å². The van der Waals surface area contributed by atoms with Crippen LogP contribution >= 0.6 is 0 Å². The van der Waals surface area contributed by atoms with Gasteiger partial charge in [-0.25, -0.2) is 0 Å². The van der Waals surface area contributed by atoms with E-state index < -0.39 is 0 Å². The van der Waals surface area contributed by atoms with Gasteiger partial charge in [0.15, 0.2) is 0 Å². The molecule has 4 N–H and O–H groups in total. The van der Waals surface area contributed by atoms with Gasteiger partial charge in [0.1, 0.15) is 0 Å². The zero-order valence-corrected chi connectivity index (χ0v) is 10.7. The van der Waals surface area contributed by atoms with Gasteiger partial charge in [-0.3, -0.25) is 9.59 Å². The molecule has 98 valence electrons. The highest BCUT2D eigenvalue weighted by atomic mass is 16.2. The van der Waals surface area contributed by atoms with Crippen molar-refractivity contribution in [2.75, 3.05) is 18.8 Å². The van der Waals surface area contributed by atoms with Crippen molar-refractivity contribution in [3.8, 4) is 0 Å². The lowest BCUT2D eigenvalue weighted by Gasteiger charge is -2.08. The summed E-state index contributed by atoms with van der Waals surface area (Å²) in [6.45, 7) is 4.62. The van der Waals surface area contributed by atoms with E-state index in [0.717, 1.165) is 5.56 Å². The number of nitrogen functional groups attached to an aromatic ring is 1. The van der Waals surface area contributed by atoms with Gasteiger partial charge < -0.3 is 16.4 Å². The van der Waals surface area contributed by atoms with Crippen LogP contribution in [0.25, 0.3) is 0 Å². The van der Waals surface area contributed by atoms with Crippen LogP contribution in [0.4, 0.5) is 5.69 Å². The van der Waals surface area contributed by atoms with Gasteiger partial charge in [0.25, 0.3) is 5.91 Å². The number of carbonyl (C=O) groups is 2. The summed E-state index contributed by atoms with van der Waals surface area (Å²) in [5, 5.41) is 5.37. The van der Waals surface area contributed by atoms with E-state index in [0.29, 0.717) is 24.3 Å². The molecule has 5 nitrogen and oxygen atoms in total. The second kappa shape index (κ2) is 6.64. The molecule has 0 bridgehead atoms. The Morgan fingerprint density at radius 1 is 1.28 bits per heavy atom. The highest BCUT2D eigenvalue weighted by Gasteiger charge is 2.09. The summed E-state index contributed by atoms with van der Waals surface area (Å²) in [6, 6.07) is 5.19. The lowest BCUT2D eigenvalue weighted by atomic mass is 10.1. The monoisotopic (exact) mass is 249 g/mol. The Morgan fingerprint density at radius 3 is 2.67 bits per heavy atom. The van der Waals surface area contributed by atoms with Crippen molar-refractivity contribution in [2.45, 2.75) is 20.3 Å². The average Bonchev–Trinajstić information content (AvgIpc) is 2.32. The zero-order valence-electron chi connectivity index (χ0n) is 10.7. The molecule has 0 atom stereocenters. The van der Waals surface area contributed by atoms with Crippen LogP contribution in [0.2, 0.25) is 0 Å². The van der Waals surface area contributed by atoms with Gasteiger partial charge >= 0.3 is 0 Å². The number of aryl methyl sites for hydroxylation is 1. The van der Waals surface area contributed by atoms with Gasteiger partial charge in [-0.05, 0) is 31.5 Å². The predicted octanol–water partition coefficient (Wildman–Crippen LogP) is 0.833. The van der Waals surface area contributed by atoms with E-state index in [2.05, 4.69) is 10.6 Å². The van der Waals surface area contributed by atoms with Gasteiger partial charge in [-0.1, -0.05) is 6.07 Å². The molecule has 0 aliphatic heterocycles. The molecule has 0 aliphatic carbocycles. The molecular weight excluding hydrogens is 230 g/mol. The van der Waals surface area contributed by atoms with E-state index >= 15 is 0 Å². The van der Waals surface area contributed by atoms with Crippen molar-refractivity contribution in [1.82, 2.24) is 10.6 Å². The summed E-state index contributed by atoms with van der Waals surface area (Å²) >= 11 is 0. The van der Waals surface area contributed by atoms with Gasteiger partial charge in [-0.2, -0.15) is 0 Å². The van der Waals surface area contributed by atoms with E-state index in [1.807, 2.05) is 13.8 Å². The molecule has 0 aromatic heterocycles. The first-order valence-electron chi connectivity index (χ1n) is 5.95. The Kier molecular flexibility index (Phi) is 5.17. The second-order valence-electron chi connectivity index (χ2n) is 4.03. The van der Waals surface area contributed by atoms with E-state index in [4.69, 9.17) is 5.73 Å². The fourth-order valence-corrected chi connectivity index (χ4v) is 1.55. The molecule has 0 fully saturated rings. The first kappa shape index (κ1) is 14.0. The van der Waals surface area contributed by atoms with Crippen LogP contribution in [-0.4, -0.2) is 24.9 Å². The predicted molar refractivity (Wildman–Crippen MR) is 71.2 cm³/mol. The normalized spacial score (nSPS) is 9.89. The molecule has 0 aliphatic rings. The lowest BCUT2D eigenvalue weighted by molar-refractivity contribution is -0.120. The topological polar surface area (TPSA) is 84.2 Å². The van der Waals surface area contributed by atoms with E-state index in [1.54, 1.807) is 18.2 Å². The molecule has 0 unspecified atom stereocenters. The largest absolute Gasteiger partial charge is 0.399 e. The molecule has 5 heteroatoms. The van der Waals surface area contributed by atoms with Crippen molar-refractivity contribution in [2.24, 2.45) is 0 Å². The van der Waals surface area contributed by atoms with Gasteiger partial charge in [-0.15, -0.1) is 0 Å². The average molecular weight is 249 g/mol. The summed E-state index contributed by atoms with van der Waals surface area (Å²) in [5.74, 6) is -0.272. The molecule has 1 aromatic carbocycles. The van der Waals surface area contributed by atoms with Gasteiger partial charge in [0, 0.05) is 30.8 Å². The number of nitrogens with one attached hydrogen (secondary N) is 2. The number of rotatable bonds is 5. The Balaban J connectivity index is 2.50. The van der Waals surface area contributed by atoms with Crippen molar-refractivity contribution < 1.29 is 9.59 Å². The quantitative estimate of drug-likeness (QED) is 0.676. The van der Waals surface area contributed by atoms with Crippen LogP contribution in [0, 0.1) is 6.92 Å². The molecule has 0 saturated heterocycles. The minimum absolute atomic E-state index is 0.0675. The van der Waals surface area contributed by atoms with Crippen LogP contribution in [0.15, 0.2) is 18.2 Å². The number of hydrogen-bond acceptors (Lipinski definition) is 3. The second-order valence-corrected chi connectivity index (χ2v) is 4.03. The van der Waals surface area contributed by atoms with Crippen LogP contribution in [0.5, 0.6) is 0 Å². The maximum atomic E-state index is 11.9. The van der Waals surface area contributed by atoms with Crippen molar-refractivity contribution in [3.63, 3.8) is 0 Å². The number of amides is 2. The van der Waals surface area contributed by atoms with Crippen LogP contribution in [-0.2, 0) is 4.79 Å². The molecule has 0 saturated carbocycles. The Bertz CT molecular complexity index is 444.